The van der Waals surface area contributed by atoms with Crippen LogP contribution < -0.4 is 14.8 Å². The number of benzene rings is 2. The molecule has 2 rings (SSSR count). The largest absolute Gasteiger partial charge is 0.493 e. The van der Waals surface area contributed by atoms with E-state index in [4.69, 9.17) is 14.2 Å². The lowest BCUT2D eigenvalue weighted by Crippen LogP contribution is -2.21. The summed E-state index contributed by atoms with van der Waals surface area (Å²) in [5.74, 6) is -4.14. The highest BCUT2D eigenvalue weighted by molar-refractivity contribution is 5.98. The maximum Gasteiger partial charge on any atom is 0.345 e. The Bertz CT molecular complexity index is 950. The van der Waals surface area contributed by atoms with Gasteiger partial charge in [0.2, 0.25) is 0 Å². The van der Waals surface area contributed by atoms with Gasteiger partial charge in [-0.15, -0.1) is 0 Å². The number of halogens is 2. The highest BCUT2D eigenvalue weighted by Gasteiger charge is 2.26. The van der Waals surface area contributed by atoms with E-state index in [-0.39, 0.29) is 23.8 Å². The number of ether oxygens (including phenoxy) is 3. The molecule has 2 aromatic carbocycles. The van der Waals surface area contributed by atoms with Gasteiger partial charge in [0, 0.05) is 17.8 Å². The third-order valence-electron chi connectivity index (χ3n) is 3.54. The van der Waals surface area contributed by atoms with Gasteiger partial charge in [-0.05, 0) is 19.1 Å². The molecule has 29 heavy (non-hydrogen) atoms. The highest BCUT2D eigenvalue weighted by atomic mass is 19.2. The Balaban J connectivity index is 2.13. The minimum absolute atomic E-state index is 0.0568. The van der Waals surface area contributed by atoms with Gasteiger partial charge in [0.05, 0.1) is 24.7 Å². The van der Waals surface area contributed by atoms with E-state index < -0.39 is 46.3 Å². The maximum absolute atomic E-state index is 13.1. The molecule has 0 saturated carbocycles. The predicted octanol–water partition coefficient (Wildman–Crippen LogP) is 3.08. The summed E-state index contributed by atoms with van der Waals surface area (Å²) in [6.07, 6.45) is 0. The molecule has 0 radical (unpaired) electrons. The molecule has 0 aliphatic heterocycles. The van der Waals surface area contributed by atoms with Crippen molar-refractivity contribution in [2.24, 2.45) is 0 Å². The number of amides is 1. The molecule has 11 heteroatoms. The van der Waals surface area contributed by atoms with Gasteiger partial charge in [0.1, 0.15) is 5.56 Å². The molecule has 0 bridgehead atoms. The van der Waals surface area contributed by atoms with Crippen LogP contribution in [0.1, 0.15) is 17.3 Å². The van der Waals surface area contributed by atoms with Crippen LogP contribution >= 0.6 is 0 Å². The molecular weight excluding hydrogens is 394 g/mol. The molecular formula is C18H16F2N2O7. The minimum Gasteiger partial charge on any atom is -0.493 e. The van der Waals surface area contributed by atoms with Gasteiger partial charge >= 0.3 is 5.97 Å². The first-order valence-electron chi connectivity index (χ1n) is 8.18. The number of hydrogen-bond donors (Lipinski definition) is 1. The smallest absolute Gasteiger partial charge is 0.345 e. The molecule has 0 aromatic heterocycles. The van der Waals surface area contributed by atoms with Crippen LogP contribution in [0.25, 0.3) is 0 Å². The van der Waals surface area contributed by atoms with Crippen LogP contribution in [0.3, 0.4) is 0 Å². The molecule has 154 valence electrons. The van der Waals surface area contributed by atoms with Crippen molar-refractivity contribution in [3.8, 4) is 11.5 Å². The standard InChI is InChI=1S/C18H16F2N2O7/c1-3-28-16-8-14(22(25)26)11(7-15(16)27-2)18(24)29-9-17(23)21-10-4-5-12(19)13(20)6-10/h4-8H,3,9H2,1-2H3,(H,21,23). The van der Waals surface area contributed by atoms with E-state index in [0.29, 0.717) is 0 Å². The third kappa shape index (κ3) is 5.37. The van der Waals surface area contributed by atoms with E-state index in [1.165, 1.54) is 7.11 Å². The summed E-state index contributed by atoms with van der Waals surface area (Å²) in [4.78, 5) is 34.6. The summed E-state index contributed by atoms with van der Waals surface area (Å²) in [5.41, 5.74) is -1.10. The Morgan fingerprint density at radius 1 is 1.14 bits per heavy atom. The van der Waals surface area contributed by atoms with Gasteiger partial charge in [0.25, 0.3) is 11.6 Å². The molecule has 1 amide bonds. The summed E-state index contributed by atoms with van der Waals surface area (Å²) >= 11 is 0. The molecule has 0 saturated heterocycles. The first kappa shape index (κ1) is 21.5. The molecule has 0 unspecified atom stereocenters. The van der Waals surface area contributed by atoms with Crippen molar-refractivity contribution < 1.29 is 37.5 Å². The Hall–Kier alpha value is -3.76. The molecule has 9 nitrogen and oxygen atoms in total. The maximum atomic E-state index is 13.1. The second-order valence-electron chi connectivity index (χ2n) is 5.46. The average Bonchev–Trinajstić information content (AvgIpc) is 2.68. The first-order chi connectivity index (χ1) is 13.8. The summed E-state index contributed by atoms with van der Waals surface area (Å²) in [5, 5.41) is 13.5. The molecule has 0 atom stereocenters. The lowest BCUT2D eigenvalue weighted by molar-refractivity contribution is -0.385. The van der Waals surface area contributed by atoms with Crippen molar-refractivity contribution in [1.29, 1.82) is 0 Å². The second-order valence-corrected chi connectivity index (χ2v) is 5.46. The van der Waals surface area contributed by atoms with Crippen LogP contribution in [-0.4, -0.2) is 37.1 Å². The number of carbonyl (C=O) groups is 2. The van der Waals surface area contributed by atoms with E-state index >= 15 is 0 Å². The Morgan fingerprint density at radius 3 is 2.45 bits per heavy atom. The van der Waals surface area contributed by atoms with Crippen molar-refractivity contribution in [2.75, 3.05) is 25.6 Å². The fourth-order valence-electron chi connectivity index (χ4n) is 2.27. The van der Waals surface area contributed by atoms with E-state index in [1.54, 1.807) is 6.92 Å². The molecule has 0 fully saturated rings. The van der Waals surface area contributed by atoms with Gasteiger partial charge in [-0.3, -0.25) is 14.9 Å². The number of hydrogen-bond acceptors (Lipinski definition) is 7. The average molecular weight is 410 g/mol. The van der Waals surface area contributed by atoms with E-state index in [1.807, 2.05) is 0 Å². The van der Waals surface area contributed by atoms with Crippen LogP contribution in [0, 0.1) is 21.7 Å². The fraction of sp³-hybridized carbons (Fsp3) is 0.222. The van der Waals surface area contributed by atoms with E-state index in [2.05, 4.69) is 5.32 Å². The molecule has 1 N–H and O–H groups in total. The number of rotatable bonds is 8. The zero-order valence-corrected chi connectivity index (χ0v) is 15.4. The topological polar surface area (TPSA) is 117 Å². The third-order valence-corrected chi connectivity index (χ3v) is 3.54. The van der Waals surface area contributed by atoms with Crippen molar-refractivity contribution in [3.05, 3.63) is 57.6 Å². The number of anilines is 1. The fourth-order valence-corrected chi connectivity index (χ4v) is 2.27. The van der Waals surface area contributed by atoms with Crippen molar-refractivity contribution in [3.63, 3.8) is 0 Å². The van der Waals surface area contributed by atoms with Gasteiger partial charge in [-0.2, -0.15) is 0 Å². The zero-order valence-electron chi connectivity index (χ0n) is 15.4. The first-order valence-corrected chi connectivity index (χ1v) is 8.18. The second kappa shape index (κ2) is 9.44. The Labute approximate surface area is 163 Å². The van der Waals surface area contributed by atoms with Crippen LogP contribution in [0.2, 0.25) is 0 Å². The number of carbonyl (C=O) groups excluding carboxylic acids is 2. The van der Waals surface area contributed by atoms with Crippen molar-refractivity contribution in [1.82, 2.24) is 0 Å². The Kier molecular flexibility index (Phi) is 7.01. The SMILES string of the molecule is CCOc1cc([N+](=O)[O-])c(C(=O)OCC(=O)Nc2ccc(F)c(F)c2)cc1OC. The quantitative estimate of drug-likeness (QED) is 0.404. The number of nitro benzene ring substituents is 1. The van der Waals surface area contributed by atoms with Crippen LogP contribution in [0.4, 0.5) is 20.2 Å². The number of nitrogens with zero attached hydrogens (tertiary/aromatic N) is 1. The molecule has 0 heterocycles. The number of esters is 1. The van der Waals surface area contributed by atoms with Crippen molar-refractivity contribution >= 4 is 23.3 Å². The molecule has 0 aliphatic rings. The number of nitro groups is 1. The lowest BCUT2D eigenvalue weighted by atomic mass is 10.1. The molecule has 0 aliphatic carbocycles. The van der Waals surface area contributed by atoms with Gasteiger partial charge in [0.15, 0.2) is 29.7 Å². The van der Waals surface area contributed by atoms with Crippen LogP contribution in [-0.2, 0) is 9.53 Å². The van der Waals surface area contributed by atoms with Crippen LogP contribution in [0.5, 0.6) is 11.5 Å². The number of methoxy groups -OCH3 is 1. The lowest BCUT2D eigenvalue weighted by Gasteiger charge is -2.11. The monoisotopic (exact) mass is 410 g/mol. The number of nitrogens with one attached hydrogen (secondary N) is 1. The Morgan fingerprint density at radius 2 is 1.86 bits per heavy atom. The van der Waals surface area contributed by atoms with Gasteiger partial charge in [-0.1, -0.05) is 0 Å². The van der Waals surface area contributed by atoms with Crippen LogP contribution in [0.15, 0.2) is 30.3 Å². The molecule has 0 spiro atoms. The van der Waals surface area contributed by atoms with Gasteiger partial charge < -0.3 is 19.5 Å². The highest BCUT2D eigenvalue weighted by Crippen LogP contribution is 2.35. The van der Waals surface area contributed by atoms with Crippen molar-refractivity contribution in [2.45, 2.75) is 6.92 Å². The summed E-state index contributed by atoms with van der Waals surface area (Å²) < 4.78 is 41.1. The minimum atomic E-state index is -1.17. The predicted molar refractivity (Wildman–Crippen MR) is 96.1 cm³/mol. The van der Waals surface area contributed by atoms with E-state index in [9.17, 15) is 28.5 Å². The summed E-state index contributed by atoms with van der Waals surface area (Å²) in [6.45, 7) is 1.06. The molecule has 2 aromatic rings. The summed E-state index contributed by atoms with van der Waals surface area (Å²) in [6, 6.07) is 4.75. The van der Waals surface area contributed by atoms with Gasteiger partial charge in [-0.25, -0.2) is 13.6 Å². The normalized spacial score (nSPS) is 10.2. The van der Waals surface area contributed by atoms with E-state index in [0.717, 1.165) is 30.3 Å². The zero-order chi connectivity index (χ0) is 21.6. The summed E-state index contributed by atoms with van der Waals surface area (Å²) in [7, 11) is 1.29.